The molecule has 0 heterocycles. The Hall–Kier alpha value is -2.37. The molecule has 0 fully saturated rings. The monoisotopic (exact) mass is 389 g/mol. The summed E-state index contributed by atoms with van der Waals surface area (Å²) in [6, 6.07) is 6.13. The molecule has 1 atom stereocenters. The zero-order valence-corrected chi connectivity index (χ0v) is 18.2. The molecule has 1 aromatic carbocycles. The van der Waals surface area contributed by atoms with Crippen molar-refractivity contribution in [2.45, 2.75) is 72.9 Å². The third kappa shape index (κ3) is 7.71. The lowest BCUT2D eigenvalue weighted by Crippen LogP contribution is -2.47. The lowest BCUT2D eigenvalue weighted by Gasteiger charge is -2.24. The van der Waals surface area contributed by atoms with Crippen molar-refractivity contribution in [3.05, 3.63) is 29.8 Å². The first-order valence-corrected chi connectivity index (χ1v) is 9.98. The molecule has 6 nitrogen and oxygen atoms in total. The fraction of sp³-hybridized carbons (Fsp3) is 0.591. The minimum atomic E-state index is -0.612. The molecule has 0 aliphatic carbocycles. The molecule has 3 amide bonds. The summed E-state index contributed by atoms with van der Waals surface area (Å²) in [5.74, 6) is -0.360. The van der Waals surface area contributed by atoms with Gasteiger partial charge in [0.2, 0.25) is 11.8 Å². The molecule has 1 rings (SSSR count). The standard InChI is InChI=1S/C22H35N3O3/c1-8-22(6,7)25-20(27)16-9-11-17(12-10-16)23-21(28)19(15(4)5)24-18(26)13-14(2)3/h9-12,14-15,19H,8,13H2,1-7H3,(H,23,28)(H,24,26)(H,25,27). The van der Waals surface area contributed by atoms with Gasteiger partial charge < -0.3 is 16.0 Å². The van der Waals surface area contributed by atoms with Crippen LogP contribution in [-0.4, -0.2) is 29.3 Å². The average molecular weight is 390 g/mol. The molecule has 6 heteroatoms. The Labute approximate surface area is 168 Å². The van der Waals surface area contributed by atoms with E-state index in [1.807, 2.05) is 48.5 Å². The molecule has 3 N–H and O–H groups in total. The number of carbonyl (C=O) groups is 3. The highest BCUT2D eigenvalue weighted by Gasteiger charge is 2.24. The maximum atomic E-state index is 12.6. The molecule has 156 valence electrons. The predicted octanol–water partition coefficient (Wildman–Crippen LogP) is 3.73. The van der Waals surface area contributed by atoms with Crippen LogP contribution >= 0.6 is 0 Å². The van der Waals surface area contributed by atoms with E-state index in [4.69, 9.17) is 0 Å². The number of anilines is 1. The summed E-state index contributed by atoms with van der Waals surface area (Å²) in [5, 5.41) is 8.62. The molecule has 0 aliphatic heterocycles. The van der Waals surface area contributed by atoms with Gasteiger partial charge in [-0.25, -0.2) is 0 Å². The fourth-order valence-electron chi connectivity index (χ4n) is 2.53. The normalized spacial score (nSPS) is 12.6. The second-order valence-corrected chi connectivity index (χ2v) is 8.65. The van der Waals surface area contributed by atoms with Gasteiger partial charge in [-0.15, -0.1) is 0 Å². The summed E-state index contributed by atoms with van der Waals surface area (Å²) in [5.41, 5.74) is 0.841. The van der Waals surface area contributed by atoms with Crippen LogP contribution in [-0.2, 0) is 9.59 Å². The minimum absolute atomic E-state index is 0.0440. The molecule has 0 aliphatic rings. The van der Waals surface area contributed by atoms with E-state index >= 15 is 0 Å². The first-order valence-electron chi connectivity index (χ1n) is 9.98. The molecule has 1 unspecified atom stereocenters. The van der Waals surface area contributed by atoms with Crippen molar-refractivity contribution < 1.29 is 14.4 Å². The molecule has 0 spiro atoms. The average Bonchev–Trinajstić information content (AvgIpc) is 2.59. The topological polar surface area (TPSA) is 87.3 Å². The lowest BCUT2D eigenvalue weighted by molar-refractivity contribution is -0.127. The zero-order chi connectivity index (χ0) is 21.5. The number of hydrogen-bond donors (Lipinski definition) is 3. The molecular weight excluding hydrogens is 354 g/mol. The first kappa shape index (κ1) is 23.7. The molecule has 0 radical (unpaired) electrons. The smallest absolute Gasteiger partial charge is 0.251 e. The van der Waals surface area contributed by atoms with Crippen LogP contribution in [0.15, 0.2) is 24.3 Å². The van der Waals surface area contributed by atoms with Crippen molar-refractivity contribution in [2.24, 2.45) is 11.8 Å². The van der Waals surface area contributed by atoms with Crippen molar-refractivity contribution in [2.75, 3.05) is 5.32 Å². The Kier molecular flexibility index (Phi) is 8.66. The molecular formula is C22H35N3O3. The number of carbonyl (C=O) groups excluding carboxylic acids is 3. The summed E-state index contributed by atoms with van der Waals surface area (Å²) in [7, 11) is 0. The second kappa shape index (κ2) is 10.2. The van der Waals surface area contributed by atoms with Gasteiger partial charge in [-0.05, 0) is 56.4 Å². The second-order valence-electron chi connectivity index (χ2n) is 8.65. The van der Waals surface area contributed by atoms with E-state index in [0.29, 0.717) is 17.7 Å². The van der Waals surface area contributed by atoms with E-state index in [0.717, 1.165) is 6.42 Å². The quantitative estimate of drug-likeness (QED) is 0.601. The molecule has 0 aromatic heterocycles. The van der Waals surface area contributed by atoms with Crippen LogP contribution in [0.1, 0.15) is 71.7 Å². The van der Waals surface area contributed by atoms with E-state index in [-0.39, 0.29) is 35.1 Å². The maximum absolute atomic E-state index is 12.6. The van der Waals surface area contributed by atoms with Gasteiger partial charge in [-0.2, -0.15) is 0 Å². The van der Waals surface area contributed by atoms with Crippen molar-refractivity contribution in [1.82, 2.24) is 10.6 Å². The van der Waals surface area contributed by atoms with Gasteiger partial charge in [-0.3, -0.25) is 14.4 Å². The van der Waals surface area contributed by atoms with Crippen LogP contribution in [0.4, 0.5) is 5.69 Å². The summed E-state index contributed by atoms with van der Waals surface area (Å²) >= 11 is 0. The number of amides is 3. The van der Waals surface area contributed by atoms with E-state index < -0.39 is 6.04 Å². The number of hydrogen-bond acceptors (Lipinski definition) is 3. The Balaban J connectivity index is 2.77. The van der Waals surface area contributed by atoms with Gasteiger partial charge in [0.05, 0.1) is 0 Å². The van der Waals surface area contributed by atoms with Crippen LogP contribution in [0.2, 0.25) is 0 Å². The summed E-state index contributed by atoms with van der Waals surface area (Å²) in [4.78, 5) is 37.0. The van der Waals surface area contributed by atoms with Crippen LogP contribution in [0.3, 0.4) is 0 Å². The van der Waals surface area contributed by atoms with E-state index in [9.17, 15) is 14.4 Å². The van der Waals surface area contributed by atoms with Crippen LogP contribution in [0.25, 0.3) is 0 Å². The fourth-order valence-corrected chi connectivity index (χ4v) is 2.53. The highest BCUT2D eigenvalue weighted by molar-refractivity contribution is 5.98. The van der Waals surface area contributed by atoms with Gasteiger partial charge in [0.15, 0.2) is 0 Å². The van der Waals surface area contributed by atoms with Gasteiger partial charge >= 0.3 is 0 Å². The lowest BCUT2D eigenvalue weighted by atomic mass is 10.0. The SMILES string of the molecule is CCC(C)(C)NC(=O)c1ccc(NC(=O)C(NC(=O)CC(C)C)C(C)C)cc1. The maximum Gasteiger partial charge on any atom is 0.251 e. The van der Waals surface area contributed by atoms with E-state index in [1.165, 1.54) is 0 Å². The highest BCUT2D eigenvalue weighted by Crippen LogP contribution is 2.14. The summed E-state index contributed by atoms with van der Waals surface area (Å²) in [6.07, 6.45) is 1.21. The Bertz CT molecular complexity index is 679. The van der Waals surface area contributed by atoms with E-state index in [2.05, 4.69) is 16.0 Å². The van der Waals surface area contributed by atoms with Crippen LogP contribution < -0.4 is 16.0 Å². The largest absolute Gasteiger partial charge is 0.347 e. The van der Waals surface area contributed by atoms with Crippen molar-refractivity contribution >= 4 is 23.4 Å². The summed E-state index contributed by atoms with van der Waals surface area (Å²) < 4.78 is 0. The Morgan fingerprint density at radius 3 is 2.04 bits per heavy atom. The van der Waals surface area contributed by atoms with Crippen LogP contribution in [0.5, 0.6) is 0 Å². The molecule has 1 aromatic rings. The van der Waals surface area contributed by atoms with Crippen molar-refractivity contribution in [3.63, 3.8) is 0 Å². The molecule has 28 heavy (non-hydrogen) atoms. The molecule has 0 saturated heterocycles. The minimum Gasteiger partial charge on any atom is -0.347 e. The van der Waals surface area contributed by atoms with Gasteiger partial charge in [0.1, 0.15) is 6.04 Å². The number of rotatable bonds is 9. The van der Waals surface area contributed by atoms with Gasteiger partial charge in [0.25, 0.3) is 5.91 Å². The van der Waals surface area contributed by atoms with Crippen LogP contribution in [0, 0.1) is 11.8 Å². The first-order chi connectivity index (χ1) is 12.9. The number of benzene rings is 1. The highest BCUT2D eigenvalue weighted by atomic mass is 16.2. The van der Waals surface area contributed by atoms with Gasteiger partial charge in [0, 0.05) is 23.2 Å². The third-order valence-corrected chi connectivity index (χ3v) is 4.61. The molecule has 0 bridgehead atoms. The van der Waals surface area contributed by atoms with Crippen molar-refractivity contribution in [3.8, 4) is 0 Å². The predicted molar refractivity (Wildman–Crippen MR) is 113 cm³/mol. The van der Waals surface area contributed by atoms with E-state index in [1.54, 1.807) is 24.3 Å². The Morgan fingerprint density at radius 2 is 1.57 bits per heavy atom. The summed E-state index contributed by atoms with van der Waals surface area (Å²) in [6.45, 7) is 13.7. The zero-order valence-electron chi connectivity index (χ0n) is 18.2. The van der Waals surface area contributed by atoms with Gasteiger partial charge in [-0.1, -0.05) is 34.6 Å². The Morgan fingerprint density at radius 1 is 1.00 bits per heavy atom. The molecule has 0 saturated carbocycles. The van der Waals surface area contributed by atoms with Crippen molar-refractivity contribution in [1.29, 1.82) is 0 Å². The number of nitrogens with one attached hydrogen (secondary N) is 3. The third-order valence-electron chi connectivity index (χ3n) is 4.61.